The van der Waals surface area contributed by atoms with Crippen LogP contribution in [0, 0.1) is 5.92 Å². The number of hydrogen-bond donors (Lipinski definition) is 2. The maximum Gasteiger partial charge on any atom is 0.325 e. The van der Waals surface area contributed by atoms with Gasteiger partial charge in [-0.05, 0) is 18.8 Å². The smallest absolute Gasteiger partial charge is 0.323 e. The third kappa shape index (κ3) is 3.82. The molecule has 0 aliphatic carbocycles. The summed E-state index contributed by atoms with van der Waals surface area (Å²) in [6.07, 6.45) is 2.73. The molecule has 136 valence electrons. The first-order valence-electron chi connectivity index (χ1n) is 8.45. The summed E-state index contributed by atoms with van der Waals surface area (Å²) in [6.45, 7) is 6.55. The zero-order chi connectivity index (χ0) is 18.0. The fourth-order valence-corrected chi connectivity index (χ4v) is 3.93. The number of likely N-dealkylation sites (tertiary alicyclic amines) is 1. The molecular weight excluding hydrogens is 342 g/mol. The number of amides is 4. The van der Waals surface area contributed by atoms with E-state index in [0.29, 0.717) is 23.9 Å². The summed E-state index contributed by atoms with van der Waals surface area (Å²) in [4.78, 5) is 44.4. The molecule has 0 saturated carbocycles. The second-order valence-electron chi connectivity index (χ2n) is 6.98. The Morgan fingerprint density at radius 1 is 1.40 bits per heavy atom. The van der Waals surface area contributed by atoms with Crippen molar-refractivity contribution in [2.24, 2.45) is 5.92 Å². The van der Waals surface area contributed by atoms with Gasteiger partial charge in [0.15, 0.2) is 5.13 Å². The predicted octanol–water partition coefficient (Wildman–Crippen LogP) is 1.12. The van der Waals surface area contributed by atoms with E-state index < -0.39 is 17.5 Å². The van der Waals surface area contributed by atoms with Crippen molar-refractivity contribution in [1.82, 2.24) is 20.1 Å². The highest BCUT2D eigenvalue weighted by Gasteiger charge is 2.52. The number of nitrogens with one attached hydrogen (secondary N) is 2. The minimum Gasteiger partial charge on any atom is -0.323 e. The van der Waals surface area contributed by atoms with Gasteiger partial charge in [-0.15, -0.1) is 11.3 Å². The average Bonchev–Trinajstić information content (AvgIpc) is 3.12. The highest BCUT2D eigenvalue weighted by atomic mass is 32.1. The van der Waals surface area contributed by atoms with Crippen molar-refractivity contribution in [3.8, 4) is 0 Å². The highest BCUT2D eigenvalue weighted by molar-refractivity contribution is 7.13. The molecule has 2 aliphatic heterocycles. The number of rotatable bonds is 5. The number of carbonyl (C=O) groups is 3. The van der Waals surface area contributed by atoms with E-state index in [1.54, 1.807) is 11.6 Å². The first-order valence-corrected chi connectivity index (χ1v) is 9.33. The molecule has 0 atom stereocenters. The molecule has 3 heterocycles. The van der Waals surface area contributed by atoms with Crippen LogP contribution in [0.2, 0.25) is 0 Å². The van der Waals surface area contributed by atoms with E-state index in [4.69, 9.17) is 0 Å². The van der Waals surface area contributed by atoms with Gasteiger partial charge in [0.25, 0.3) is 5.91 Å². The summed E-state index contributed by atoms with van der Waals surface area (Å²) in [5.74, 6) is -0.155. The van der Waals surface area contributed by atoms with Crippen LogP contribution in [0.25, 0.3) is 0 Å². The Labute approximate surface area is 150 Å². The molecule has 2 aliphatic rings. The van der Waals surface area contributed by atoms with E-state index in [2.05, 4.69) is 34.4 Å². The first-order chi connectivity index (χ1) is 11.9. The Kier molecular flexibility index (Phi) is 5.05. The summed E-state index contributed by atoms with van der Waals surface area (Å²) in [5, 5.41) is 7.61. The molecule has 9 heteroatoms. The molecule has 2 saturated heterocycles. The molecule has 25 heavy (non-hydrogen) atoms. The van der Waals surface area contributed by atoms with Crippen molar-refractivity contribution < 1.29 is 14.4 Å². The number of nitrogens with zero attached hydrogens (tertiary/aromatic N) is 3. The van der Waals surface area contributed by atoms with Crippen LogP contribution in [0.15, 0.2) is 11.6 Å². The Bertz CT molecular complexity index is 653. The average molecular weight is 365 g/mol. The lowest BCUT2D eigenvalue weighted by Gasteiger charge is -2.37. The lowest BCUT2D eigenvalue weighted by Crippen LogP contribution is -2.55. The topological polar surface area (TPSA) is 94.6 Å². The van der Waals surface area contributed by atoms with Crippen LogP contribution >= 0.6 is 11.3 Å². The van der Waals surface area contributed by atoms with E-state index >= 15 is 0 Å². The Morgan fingerprint density at radius 3 is 2.72 bits per heavy atom. The van der Waals surface area contributed by atoms with Crippen molar-refractivity contribution in [3.05, 3.63) is 11.6 Å². The number of carbonyl (C=O) groups excluding carboxylic acids is 3. The largest absolute Gasteiger partial charge is 0.325 e. The van der Waals surface area contributed by atoms with Crippen LogP contribution in [0.3, 0.4) is 0 Å². The maximum absolute atomic E-state index is 12.8. The molecule has 8 nitrogen and oxygen atoms in total. The van der Waals surface area contributed by atoms with Gasteiger partial charge in [0.05, 0.1) is 0 Å². The van der Waals surface area contributed by atoms with Gasteiger partial charge in [-0.3, -0.25) is 14.5 Å². The summed E-state index contributed by atoms with van der Waals surface area (Å²) in [5.41, 5.74) is -0.855. The zero-order valence-electron chi connectivity index (χ0n) is 14.4. The SMILES string of the molecule is CC(C)CN1CCC2(CC1)NC(=O)N(CC(=O)Nc1nccs1)C2=O. The number of urea groups is 1. The highest BCUT2D eigenvalue weighted by Crippen LogP contribution is 2.29. The van der Waals surface area contributed by atoms with Gasteiger partial charge in [0.1, 0.15) is 12.1 Å². The third-order valence-corrected chi connectivity index (χ3v) is 5.25. The monoisotopic (exact) mass is 365 g/mol. The van der Waals surface area contributed by atoms with Crippen molar-refractivity contribution in [1.29, 1.82) is 0 Å². The van der Waals surface area contributed by atoms with Crippen LogP contribution in [-0.2, 0) is 9.59 Å². The first kappa shape index (κ1) is 17.8. The molecular formula is C16H23N5O3S. The van der Waals surface area contributed by atoms with Gasteiger partial charge in [-0.1, -0.05) is 13.8 Å². The van der Waals surface area contributed by atoms with Crippen LogP contribution in [-0.4, -0.2) is 64.3 Å². The van der Waals surface area contributed by atoms with Crippen LogP contribution in [0.1, 0.15) is 26.7 Å². The summed E-state index contributed by atoms with van der Waals surface area (Å²) in [6, 6.07) is -0.489. The van der Waals surface area contributed by atoms with E-state index in [9.17, 15) is 14.4 Å². The third-order valence-electron chi connectivity index (χ3n) is 4.56. The lowest BCUT2D eigenvalue weighted by molar-refractivity contribution is -0.135. The van der Waals surface area contributed by atoms with Crippen molar-refractivity contribution in [2.75, 3.05) is 31.5 Å². The normalized spacial score (nSPS) is 20.4. The summed E-state index contributed by atoms with van der Waals surface area (Å²) in [7, 11) is 0. The Morgan fingerprint density at radius 2 is 2.12 bits per heavy atom. The van der Waals surface area contributed by atoms with Gasteiger partial charge in [0.2, 0.25) is 5.91 Å². The van der Waals surface area contributed by atoms with Crippen molar-refractivity contribution in [3.63, 3.8) is 0 Å². The predicted molar refractivity (Wildman–Crippen MR) is 94.2 cm³/mol. The van der Waals surface area contributed by atoms with Crippen LogP contribution in [0.5, 0.6) is 0 Å². The quantitative estimate of drug-likeness (QED) is 0.763. The van der Waals surface area contributed by atoms with E-state index in [-0.39, 0.29) is 12.5 Å². The fraction of sp³-hybridized carbons (Fsp3) is 0.625. The summed E-state index contributed by atoms with van der Waals surface area (Å²) < 4.78 is 0. The van der Waals surface area contributed by atoms with Crippen LogP contribution in [0.4, 0.5) is 9.93 Å². The second kappa shape index (κ2) is 7.09. The Hall–Kier alpha value is -2.00. The number of piperidine rings is 1. The molecule has 2 N–H and O–H groups in total. The molecule has 4 amide bonds. The number of imide groups is 1. The zero-order valence-corrected chi connectivity index (χ0v) is 15.3. The van der Waals surface area contributed by atoms with Gasteiger partial charge >= 0.3 is 6.03 Å². The molecule has 1 aromatic rings. The van der Waals surface area contributed by atoms with Crippen molar-refractivity contribution >= 4 is 34.3 Å². The number of hydrogen-bond acceptors (Lipinski definition) is 6. The standard InChI is InChI=1S/C16H23N5O3S/c1-11(2)9-20-6-3-16(4-7-20)13(23)21(15(24)19-16)10-12(22)18-14-17-5-8-25-14/h5,8,11H,3-4,6-7,9-10H2,1-2H3,(H,19,24)(H,17,18,22). The molecule has 0 unspecified atom stereocenters. The molecule has 1 spiro atoms. The van der Waals surface area contributed by atoms with E-state index in [1.807, 2.05) is 0 Å². The fourth-order valence-electron chi connectivity index (χ4n) is 3.38. The van der Waals surface area contributed by atoms with E-state index in [1.165, 1.54) is 11.3 Å². The molecule has 0 aromatic carbocycles. The maximum atomic E-state index is 12.8. The molecule has 3 rings (SSSR count). The van der Waals surface area contributed by atoms with Crippen LogP contribution < -0.4 is 10.6 Å². The number of thiazole rings is 1. The van der Waals surface area contributed by atoms with E-state index in [0.717, 1.165) is 24.5 Å². The minimum atomic E-state index is -0.855. The van der Waals surface area contributed by atoms with Crippen molar-refractivity contribution in [2.45, 2.75) is 32.2 Å². The molecule has 0 radical (unpaired) electrons. The van der Waals surface area contributed by atoms with Gasteiger partial charge in [0, 0.05) is 31.2 Å². The molecule has 2 fully saturated rings. The second-order valence-corrected chi connectivity index (χ2v) is 7.88. The summed E-state index contributed by atoms with van der Waals surface area (Å²) >= 11 is 1.28. The Balaban J connectivity index is 1.60. The molecule has 0 bridgehead atoms. The number of anilines is 1. The van der Waals surface area contributed by atoms with Gasteiger partial charge < -0.3 is 15.5 Å². The minimum absolute atomic E-state index is 0.290. The molecule has 1 aromatic heterocycles. The lowest BCUT2D eigenvalue weighted by atomic mass is 9.87. The van der Waals surface area contributed by atoms with Gasteiger partial charge in [-0.2, -0.15) is 0 Å². The van der Waals surface area contributed by atoms with Gasteiger partial charge in [-0.25, -0.2) is 9.78 Å². The number of aromatic nitrogens is 1.